The zero-order valence-corrected chi connectivity index (χ0v) is 16.5. The van der Waals surface area contributed by atoms with Crippen LogP contribution in [-0.2, 0) is 22.6 Å². The van der Waals surface area contributed by atoms with Crippen molar-refractivity contribution in [1.82, 2.24) is 9.88 Å². The second-order valence-electron chi connectivity index (χ2n) is 7.41. The third-order valence-corrected chi connectivity index (χ3v) is 6.23. The Hall–Kier alpha value is -2.25. The molecule has 2 aliphatic rings. The molecule has 1 aliphatic heterocycles. The third-order valence-electron chi connectivity index (χ3n) is 5.23. The highest BCUT2D eigenvalue weighted by molar-refractivity contribution is 7.15. The molecule has 27 heavy (non-hydrogen) atoms. The zero-order chi connectivity index (χ0) is 19.0. The van der Waals surface area contributed by atoms with Crippen LogP contribution < -0.4 is 10.6 Å². The van der Waals surface area contributed by atoms with Crippen LogP contribution in [0.15, 0.2) is 18.2 Å². The second kappa shape index (κ2) is 7.40. The van der Waals surface area contributed by atoms with Gasteiger partial charge in [-0.1, -0.05) is 12.1 Å². The van der Waals surface area contributed by atoms with E-state index in [0.29, 0.717) is 18.2 Å². The fraction of sp³-hybridized carbons (Fsp3) is 0.450. The number of rotatable bonds is 5. The molecule has 0 bridgehead atoms. The molecule has 0 atom stereocenters. The number of nitrogens with zero attached hydrogens (tertiary/aromatic N) is 2. The van der Waals surface area contributed by atoms with Gasteiger partial charge >= 0.3 is 0 Å². The molecule has 4 rings (SSSR count). The first-order valence-electron chi connectivity index (χ1n) is 9.37. The molecule has 2 amide bonds. The molecule has 6 nitrogen and oxygen atoms in total. The van der Waals surface area contributed by atoms with Crippen LogP contribution in [0.4, 0.5) is 10.8 Å². The summed E-state index contributed by atoms with van der Waals surface area (Å²) < 4.78 is 0. The molecule has 0 spiro atoms. The van der Waals surface area contributed by atoms with Crippen LogP contribution in [-0.4, -0.2) is 34.8 Å². The van der Waals surface area contributed by atoms with Crippen molar-refractivity contribution in [3.63, 3.8) is 0 Å². The summed E-state index contributed by atoms with van der Waals surface area (Å²) in [5, 5.41) is 6.65. The van der Waals surface area contributed by atoms with E-state index in [1.165, 1.54) is 16.9 Å². The lowest BCUT2D eigenvalue weighted by molar-refractivity contribution is -0.118. The summed E-state index contributed by atoms with van der Waals surface area (Å²) in [5.41, 5.74) is 4.20. The van der Waals surface area contributed by atoms with Crippen molar-refractivity contribution in [2.45, 2.75) is 39.7 Å². The molecular weight excluding hydrogens is 360 g/mol. The molecule has 142 valence electrons. The molecule has 1 fully saturated rings. The summed E-state index contributed by atoms with van der Waals surface area (Å²) in [7, 11) is 0. The molecule has 2 aromatic rings. The first-order chi connectivity index (χ1) is 13.0. The number of thiazole rings is 1. The maximum Gasteiger partial charge on any atom is 0.238 e. The van der Waals surface area contributed by atoms with Crippen LogP contribution in [0.2, 0.25) is 0 Å². The summed E-state index contributed by atoms with van der Waals surface area (Å²) in [6.07, 6.45) is 2.78. The highest BCUT2D eigenvalue weighted by atomic mass is 32.1. The molecule has 7 heteroatoms. The second-order valence-corrected chi connectivity index (χ2v) is 8.49. The monoisotopic (exact) mass is 384 g/mol. The number of aryl methyl sites for hydroxylation is 1. The number of hydrogen-bond acceptors (Lipinski definition) is 5. The summed E-state index contributed by atoms with van der Waals surface area (Å²) in [6, 6.07) is 5.94. The molecule has 0 unspecified atom stereocenters. The van der Waals surface area contributed by atoms with Crippen LogP contribution in [0.1, 0.15) is 34.5 Å². The Balaban J connectivity index is 1.35. The number of fused-ring (bicyclic) bond motifs is 1. The quantitative estimate of drug-likeness (QED) is 0.831. The molecule has 1 saturated carbocycles. The van der Waals surface area contributed by atoms with Gasteiger partial charge in [-0.05, 0) is 43.9 Å². The van der Waals surface area contributed by atoms with Gasteiger partial charge in [0, 0.05) is 36.0 Å². The van der Waals surface area contributed by atoms with Crippen LogP contribution in [0.25, 0.3) is 0 Å². The summed E-state index contributed by atoms with van der Waals surface area (Å²) in [5.74, 6) is 0.265. The van der Waals surface area contributed by atoms with E-state index in [9.17, 15) is 9.59 Å². The minimum atomic E-state index is -0.000995. The van der Waals surface area contributed by atoms with E-state index in [-0.39, 0.29) is 17.7 Å². The van der Waals surface area contributed by atoms with Gasteiger partial charge < -0.3 is 10.6 Å². The number of nitrogens with one attached hydrogen (secondary N) is 2. The normalized spacial score (nSPS) is 16.7. The fourth-order valence-electron chi connectivity index (χ4n) is 3.27. The van der Waals surface area contributed by atoms with Gasteiger partial charge in [0.1, 0.15) is 0 Å². The van der Waals surface area contributed by atoms with Gasteiger partial charge in [-0.3, -0.25) is 14.5 Å². The molecule has 2 N–H and O–H groups in total. The van der Waals surface area contributed by atoms with Gasteiger partial charge in [0.05, 0.1) is 12.2 Å². The summed E-state index contributed by atoms with van der Waals surface area (Å²) >= 11 is 1.53. The first-order valence-corrected chi connectivity index (χ1v) is 10.2. The van der Waals surface area contributed by atoms with E-state index in [1.807, 2.05) is 32.0 Å². The molecule has 2 heterocycles. The summed E-state index contributed by atoms with van der Waals surface area (Å²) in [4.78, 5) is 32.2. The van der Waals surface area contributed by atoms with Gasteiger partial charge in [-0.15, -0.1) is 11.3 Å². The van der Waals surface area contributed by atoms with E-state index in [4.69, 9.17) is 0 Å². The largest absolute Gasteiger partial charge is 0.325 e. The highest BCUT2D eigenvalue weighted by Gasteiger charge is 2.31. The molecular formula is C20H24N4O2S. The predicted molar refractivity (Wildman–Crippen MR) is 107 cm³/mol. The van der Waals surface area contributed by atoms with Crippen molar-refractivity contribution in [2.24, 2.45) is 5.92 Å². The number of carbonyl (C=O) groups excluding carboxylic acids is 2. The van der Waals surface area contributed by atoms with Gasteiger partial charge in [-0.25, -0.2) is 4.98 Å². The van der Waals surface area contributed by atoms with Gasteiger partial charge in [-0.2, -0.15) is 0 Å². The number of amides is 2. The van der Waals surface area contributed by atoms with Crippen molar-refractivity contribution in [3.8, 4) is 0 Å². The maximum absolute atomic E-state index is 12.5. The van der Waals surface area contributed by atoms with Gasteiger partial charge in [0.15, 0.2) is 5.13 Å². The standard InChI is InChI=1S/C20H24N4O2S/c1-12-4-3-5-15(13(12)2)21-18(25)11-24-9-8-16-17(10-24)27-20(22-16)23-19(26)14-6-7-14/h3-5,14H,6-11H2,1-2H3,(H,21,25)(H,22,23,26). The van der Waals surface area contributed by atoms with Gasteiger partial charge in [0.2, 0.25) is 11.8 Å². The van der Waals surface area contributed by atoms with Crippen molar-refractivity contribution in [2.75, 3.05) is 23.7 Å². The number of aromatic nitrogens is 1. The average Bonchev–Trinajstić information content (AvgIpc) is 3.40. The number of benzene rings is 1. The number of hydrogen-bond donors (Lipinski definition) is 2. The van der Waals surface area contributed by atoms with Crippen LogP contribution in [0, 0.1) is 19.8 Å². The lowest BCUT2D eigenvalue weighted by Gasteiger charge is -2.25. The SMILES string of the molecule is Cc1cccc(NC(=O)CN2CCc3nc(NC(=O)C4CC4)sc3C2)c1C. The minimum Gasteiger partial charge on any atom is -0.325 e. The highest BCUT2D eigenvalue weighted by Crippen LogP contribution is 2.33. The molecule has 1 aromatic heterocycles. The van der Waals surface area contributed by atoms with Crippen molar-refractivity contribution < 1.29 is 9.59 Å². The molecule has 1 aliphatic carbocycles. The first kappa shape index (κ1) is 18.1. The Bertz CT molecular complexity index is 888. The predicted octanol–water partition coefficient (Wildman–Crippen LogP) is 3.11. The third kappa shape index (κ3) is 4.20. The van der Waals surface area contributed by atoms with E-state index < -0.39 is 0 Å². The van der Waals surface area contributed by atoms with Crippen LogP contribution in [0.5, 0.6) is 0 Å². The Morgan fingerprint density at radius 2 is 2.07 bits per heavy atom. The number of carbonyl (C=O) groups is 2. The molecule has 0 radical (unpaired) electrons. The Morgan fingerprint density at radius 1 is 1.26 bits per heavy atom. The maximum atomic E-state index is 12.5. The Kier molecular flexibility index (Phi) is 4.97. The topological polar surface area (TPSA) is 74.3 Å². The Labute approximate surface area is 163 Å². The van der Waals surface area contributed by atoms with Crippen molar-refractivity contribution in [1.29, 1.82) is 0 Å². The van der Waals surface area contributed by atoms with E-state index in [0.717, 1.165) is 47.6 Å². The summed E-state index contributed by atoms with van der Waals surface area (Å²) in [6.45, 7) is 5.92. The number of anilines is 2. The van der Waals surface area contributed by atoms with Crippen molar-refractivity contribution >= 4 is 34.0 Å². The lowest BCUT2D eigenvalue weighted by atomic mass is 10.1. The van der Waals surface area contributed by atoms with E-state index in [2.05, 4.69) is 20.5 Å². The minimum absolute atomic E-state index is 0.000995. The molecule has 0 saturated heterocycles. The lowest BCUT2D eigenvalue weighted by Crippen LogP contribution is -2.36. The Morgan fingerprint density at radius 3 is 2.85 bits per heavy atom. The molecule has 1 aromatic carbocycles. The van der Waals surface area contributed by atoms with Gasteiger partial charge in [0.25, 0.3) is 0 Å². The fourth-order valence-corrected chi connectivity index (χ4v) is 4.32. The van der Waals surface area contributed by atoms with E-state index >= 15 is 0 Å². The zero-order valence-electron chi connectivity index (χ0n) is 15.7. The smallest absolute Gasteiger partial charge is 0.238 e. The average molecular weight is 385 g/mol. The van der Waals surface area contributed by atoms with E-state index in [1.54, 1.807) is 0 Å². The van der Waals surface area contributed by atoms with Crippen molar-refractivity contribution in [3.05, 3.63) is 39.9 Å². The van der Waals surface area contributed by atoms with Crippen LogP contribution >= 0.6 is 11.3 Å². The van der Waals surface area contributed by atoms with Crippen LogP contribution in [0.3, 0.4) is 0 Å².